The van der Waals surface area contributed by atoms with E-state index < -0.39 is 25.2 Å². The van der Waals surface area contributed by atoms with Crippen LogP contribution in [0.2, 0.25) is 0 Å². The monoisotopic (exact) mass is 182 g/mol. The Morgan fingerprint density at radius 1 is 1.64 bits per heavy atom. The summed E-state index contributed by atoms with van der Waals surface area (Å²) in [6.07, 6.45) is -0.530. The highest BCUT2D eigenvalue weighted by Crippen LogP contribution is 2.48. The first-order valence-corrected chi connectivity index (χ1v) is 4.41. The largest absolute Gasteiger partial charge is 0.370 e. The summed E-state index contributed by atoms with van der Waals surface area (Å²) in [5.41, 5.74) is 9.84. The van der Waals surface area contributed by atoms with Crippen molar-refractivity contribution >= 4 is 13.5 Å². The van der Waals surface area contributed by atoms with Crippen molar-refractivity contribution in [2.75, 3.05) is 0 Å². The predicted octanol–water partition coefficient (Wildman–Crippen LogP) is -1.29. The van der Waals surface area contributed by atoms with E-state index in [2.05, 4.69) is 0 Å². The van der Waals surface area contributed by atoms with Gasteiger partial charge >= 0.3 is 7.60 Å². The Hall–Kier alpha value is -0.420. The SMILES string of the molecule is CC(N)(CC(N)=O)P(=O)(O)O. The van der Waals surface area contributed by atoms with Crippen LogP contribution in [0.1, 0.15) is 13.3 Å². The number of carbonyl (C=O) groups excluding carboxylic acids is 1. The average molecular weight is 182 g/mol. The maximum atomic E-state index is 10.6. The van der Waals surface area contributed by atoms with E-state index in [0.717, 1.165) is 6.92 Å². The minimum atomic E-state index is -4.45. The van der Waals surface area contributed by atoms with Crippen LogP contribution in [-0.2, 0) is 9.36 Å². The standard InChI is InChI=1S/C4H11N2O4P/c1-4(6,2-3(5)7)11(8,9)10/h2,6H2,1H3,(H2,5,7)(H2,8,9,10). The molecule has 0 aliphatic rings. The van der Waals surface area contributed by atoms with E-state index in [9.17, 15) is 9.36 Å². The van der Waals surface area contributed by atoms with Gasteiger partial charge in [-0.1, -0.05) is 0 Å². The Bertz CT molecular complexity index is 208. The number of primary amides is 1. The van der Waals surface area contributed by atoms with Crippen molar-refractivity contribution in [3.8, 4) is 0 Å². The Labute approximate surface area is 63.7 Å². The third-order valence-electron chi connectivity index (χ3n) is 1.20. The van der Waals surface area contributed by atoms with Gasteiger partial charge in [0, 0.05) is 0 Å². The van der Waals surface area contributed by atoms with E-state index in [1.807, 2.05) is 0 Å². The molecule has 0 spiro atoms. The lowest BCUT2D eigenvalue weighted by Gasteiger charge is -2.23. The van der Waals surface area contributed by atoms with E-state index in [0.29, 0.717) is 0 Å². The first-order chi connectivity index (χ1) is 4.67. The van der Waals surface area contributed by atoms with Crippen LogP contribution in [0.15, 0.2) is 0 Å². The topological polar surface area (TPSA) is 127 Å². The molecule has 0 aromatic heterocycles. The second-order valence-corrected chi connectivity index (χ2v) is 4.65. The molecule has 6 N–H and O–H groups in total. The summed E-state index contributed by atoms with van der Waals surface area (Å²) in [5, 5.41) is -1.85. The Morgan fingerprint density at radius 3 is 2.09 bits per heavy atom. The minimum Gasteiger partial charge on any atom is -0.370 e. The van der Waals surface area contributed by atoms with Gasteiger partial charge in [0.25, 0.3) is 0 Å². The van der Waals surface area contributed by atoms with Crippen LogP contribution >= 0.6 is 7.60 Å². The van der Waals surface area contributed by atoms with Crippen molar-refractivity contribution in [3.05, 3.63) is 0 Å². The molecule has 7 heteroatoms. The lowest BCUT2D eigenvalue weighted by Crippen LogP contribution is -2.40. The first-order valence-electron chi connectivity index (χ1n) is 2.79. The molecule has 0 rings (SSSR count). The van der Waals surface area contributed by atoms with Crippen LogP contribution in [-0.4, -0.2) is 21.0 Å². The van der Waals surface area contributed by atoms with Crippen LogP contribution in [0, 0.1) is 0 Å². The molecule has 0 radical (unpaired) electrons. The summed E-state index contributed by atoms with van der Waals surface area (Å²) in [5.74, 6) is -0.835. The molecule has 1 unspecified atom stereocenters. The van der Waals surface area contributed by atoms with Gasteiger partial charge in [-0.3, -0.25) is 9.36 Å². The molecule has 0 heterocycles. The smallest absolute Gasteiger partial charge is 0.345 e. The summed E-state index contributed by atoms with van der Waals surface area (Å²) >= 11 is 0. The van der Waals surface area contributed by atoms with Crippen molar-refractivity contribution in [3.63, 3.8) is 0 Å². The van der Waals surface area contributed by atoms with Crippen molar-refractivity contribution in [2.45, 2.75) is 18.6 Å². The highest BCUT2D eigenvalue weighted by atomic mass is 31.2. The summed E-state index contributed by atoms with van der Waals surface area (Å²) < 4.78 is 10.6. The third-order valence-corrected chi connectivity index (χ3v) is 2.69. The second-order valence-electron chi connectivity index (χ2n) is 2.54. The van der Waals surface area contributed by atoms with Crippen LogP contribution in [0.4, 0.5) is 0 Å². The van der Waals surface area contributed by atoms with Crippen molar-refractivity contribution in [2.24, 2.45) is 11.5 Å². The highest BCUT2D eigenvalue weighted by Gasteiger charge is 2.39. The van der Waals surface area contributed by atoms with Crippen LogP contribution in [0.5, 0.6) is 0 Å². The molecule has 0 aliphatic heterocycles. The molecule has 1 atom stereocenters. The molecule has 0 aromatic rings. The number of carbonyl (C=O) groups is 1. The van der Waals surface area contributed by atoms with Crippen molar-refractivity contribution in [1.29, 1.82) is 0 Å². The fourth-order valence-corrected chi connectivity index (χ4v) is 0.818. The maximum absolute atomic E-state index is 10.6. The van der Waals surface area contributed by atoms with Crippen LogP contribution in [0.25, 0.3) is 0 Å². The van der Waals surface area contributed by atoms with Gasteiger partial charge in [0.15, 0.2) is 0 Å². The van der Waals surface area contributed by atoms with Gasteiger partial charge in [-0.15, -0.1) is 0 Å². The lowest BCUT2D eigenvalue weighted by atomic mass is 10.2. The van der Waals surface area contributed by atoms with Gasteiger partial charge in [-0.2, -0.15) is 0 Å². The number of hydrogen-bond acceptors (Lipinski definition) is 3. The fraction of sp³-hybridized carbons (Fsp3) is 0.750. The lowest BCUT2D eigenvalue weighted by molar-refractivity contribution is -0.118. The zero-order valence-corrected chi connectivity index (χ0v) is 6.91. The molecule has 0 saturated heterocycles. The normalized spacial score (nSPS) is 17.5. The van der Waals surface area contributed by atoms with Crippen molar-refractivity contribution in [1.82, 2.24) is 0 Å². The van der Waals surface area contributed by atoms with Gasteiger partial charge in [0.05, 0.1) is 6.42 Å². The van der Waals surface area contributed by atoms with E-state index >= 15 is 0 Å². The molecule has 0 saturated carbocycles. The molecular weight excluding hydrogens is 171 g/mol. The molecular formula is C4H11N2O4P. The maximum Gasteiger partial charge on any atom is 0.345 e. The molecule has 0 aliphatic carbocycles. The van der Waals surface area contributed by atoms with E-state index in [4.69, 9.17) is 21.3 Å². The molecule has 6 nitrogen and oxygen atoms in total. The van der Waals surface area contributed by atoms with Gasteiger partial charge in [0.2, 0.25) is 5.91 Å². The van der Waals surface area contributed by atoms with Gasteiger partial charge in [-0.25, -0.2) is 0 Å². The van der Waals surface area contributed by atoms with E-state index in [-0.39, 0.29) is 0 Å². The second kappa shape index (κ2) is 2.91. The van der Waals surface area contributed by atoms with E-state index in [1.165, 1.54) is 0 Å². The van der Waals surface area contributed by atoms with Crippen LogP contribution in [0.3, 0.4) is 0 Å². The molecule has 1 amide bonds. The number of amides is 1. The Kier molecular flexibility index (Phi) is 2.79. The van der Waals surface area contributed by atoms with Crippen molar-refractivity contribution < 1.29 is 19.1 Å². The number of rotatable bonds is 3. The summed E-state index contributed by atoms with van der Waals surface area (Å²) in [7, 11) is -4.45. The quantitative estimate of drug-likeness (QED) is 0.404. The zero-order valence-electron chi connectivity index (χ0n) is 6.02. The summed E-state index contributed by atoms with van der Waals surface area (Å²) in [6.45, 7) is 1.08. The first kappa shape index (κ1) is 10.6. The Morgan fingerprint density at radius 2 is 2.00 bits per heavy atom. The molecule has 0 bridgehead atoms. The highest BCUT2D eigenvalue weighted by molar-refractivity contribution is 7.53. The molecule has 0 fully saturated rings. The molecule has 66 valence electrons. The Balaban J connectivity index is 4.48. The number of hydrogen-bond donors (Lipinski definition) is 4. The average Bonchev–Trinajstić information content (AvgIpc) is 1.56. The third kappa shape index (κ3) is 2.98. The van der Waals surface area contributed by atoms with Gasteiger partial charge in [-0.05, 0) is 6.92 Å². The summed E-state index contributed by atoms with van der Waals surface area (Å²) in [4.78, 5) is 27.4. The summed E-state index contributed by atoms with van der Waals surface area (Å²) in [6, 6.07) is 0. The zero-order chi connectivity index (χ0) is 9.28. The van der Waals surface area contributed by atoms with E-state index in [1.54, 1.807) is 0 Å². The molecule has 0 aromatic carbocycles. The minimum absolute atomic E-state index is 0.530. The van der Waals surface area contributed by atoms with Gasteiger partial charge < -0.3 is 21.3 Å². The predicted molar refractivity (Wildman–Crippen MR) is 38.4 cm³/mol. The van der Waals surface area contributed by atoms with Gasteiger partial charge in [0.1, 0.15) is 5.28 Å². The number of nitrogens with two attached hydrogens (primary N) is 2. The van der Waals surface area contributed by atoms with Crippen LogP contribution < -0.4 is 11.5 Å². The molecule has 11 heavy (non-hydrogen) atoms. The fourth-order valence-electron chi connectivity index (χ4n) is 0.456.